The Hall–Kier alpha value is -3.59. The smallest absolute Gasteiger partial charge is 0.259 e. The zero-order chi connectivity index (χ0) is 24.2. The molecule has 3 aromatic rings. The predicted molar refractivity (Wildman–Crippen MR) is 132 cm³/mol. The third-order valence-electron chi connectivity index (χ3n) is 6.15. The van der Waals surface area contributed by atoms with Crippen LogP contribution in [-0.4, -0.2) is 70.5 Å². The zero-order valence-corrected chi connectivity index (χ0v) is 20.2. The molecule has 34 heavy (non-hydrogen) atoms. The summed E-state index contributed by atoms with van der Waals surface area (Å²) in [5.41, 5.74) is 4.29. The van der Waals surface area contributed by atoms with Crippen molar-refractivity contribution >= 4 is 23.2 Å². The number of nitrogens with zero attached hydrogens (tertiary/aromatic N) is 5. The van der Waals surface area contributed by atoms with Crippen molar-refractivity contribution in [3.63, 3.8) is 0 Å². The van der Waals surface area contributed by atoms with E-state index in [0.29, 0.717) is 23.6 Å². The van der Waals surface area contributed by atoms with E-state index in [-0.39, 0.29) is 18.4 Å². The maximum Gasteiger partial charge on any atom is 0.259 e. The molecule has 2 amide bonds. The summed E-state index contributed by atoms with van der Waals surface area (Å²) in [6.45, 7) is 9.37. The number of hydrogen-bond donors (Lipinski definition) is 1. The molecule has 0 atom stereocenters. The number of benzene rings is 1. The summed E-state index contributed by atoms with van der Waals surface area (Å²) < 4.78 is 9.10. The number of aryl methyl sites for hydroxylation is 3. The van der Waals surface area contributed by atoms with Crippen LogP contribution in [0.15, 0.2) is 42.6 Å². The van der Waals surface area contributed by atoms with Crippen molar-refractivity contribution in [3.05, 3.63) is 59.5 Å². The summed E-state index contributed by atoms with van der Waals surface area (Å²) in [5.74, 6) is 0.228. The van der Waals surface area contributed by atoms with Crippen molar-refractivity contribution in [2.24, 2.45) is 7.05 Å². The van der Waals surface area contributed by atoms with Gasteiger partial charge in [-0.05, 0) is 57.2 Å². The van der Waals surface area contributed by atoms with Crippen LogP contribution in [0.5, 0.6) is 0 Å². The molecule has 1 saturated heterocycles. The molecule has 0 saturated carbocycles. The minimum Gasteiger partial charge on any atom is -0.378 e. The lowest BCUT2D eigenvalue weighted by molar-refractivity contribution is -0.116. The summed E-state index contributed by atoms with van der Waals surface area (Å²) in [6, 6.07) is 11.8. The topological polar surface area (TPSA) is 84.6 Å². The highest BCUT2D eigenvalue weighted by molar-refractivity contribution is 6.01. The zero-order valence-electron chi connectivity index (χ0n) is 20.2. The molecule has 0 bridgehead atoms. The number of likely N-dealkylation sites (N-methyl/N-ethyl adjacent to an activating group) is 1. The van der Waals surface area contributed by atoms with Crippen molar-refractivity contribution in [1.29, 1.82) is 0 Å². The highest BCUT2D eigenvalue weighted by atomic mass is 16.5. The number of morpholine rings is 1. The summed E-state index contributed by atoms with van der Waals surface area (Å²) in [7, 11) is 1.81. The molecule has 4 rings (SSSR count). The number of rotatable bonds is 7. The molecule has 1 aromatic carbocycles. The largest absolute Gasteiger partial charge is 0.378 e. The Kier molecular flexibility index (Phi) is 7.02. The summed E-state index contributed by atoms with van der Waals surface area (Å²) in [6.07, 6.45) is 1.57. The second kappa shape index (κ2) is 10.1. The van der Waals surface area contributed by atoms with Crippen LogP contribution in [0.3, 0.4) is 0 Å². The van der Waals surface area contributed by atoms with Gasteiger partial charge in [-0.2, -0.15) is 5.10 Å². The Balaban J connectivity index is 1.44. The summed E-state index contributed by atoms with van der Waals surface area (Å²) in [4.78, 5) is 30.0. The normalized spacial score (nSPS) is 13.7. The molecule has 1 aliphatic heterocycles. The number of ether oxygens (including phenoxy) is 1. The molecule has 0 unspecified atom stereocenters. The van der Waals surface area contributed by atoms with Gasteiger partial charge < -0.3 is 24.4 Å². The quantitative estimate of drug-likeness (QED) is 0.581. The van der Waals surface area contributed by atoms with E-state index in [1.54, 1.807) is 10.9 Å². The molecular weight excluding hydrogens is 432 g/mol. The van der Waals surface area contributed by atoms with Crippen LogP contribution in [0.2, 0.25) is 0 Å². The van der Waals surface area contributed by atoms with Crippen LogP contribution in [0.4, 0.5) is 11.4 Å². The number of anilines is 2. The summed E-state index contributed by atoms with van der Waals surface area (Å²) in [5, 5.41) is 7.23. The van der Waals surface area contributed by atoms with Gasteiger partial charge in [0.05, 0.1) is 19.4 Å². The Labute approximate surface area is 199 Å². The molecule has 3 heterocycles. The second-order valence-electron chi connectivity index (χ2n) is 8.47. The molecule has 1 fully saturated rings. The highest BCUT2D eigenvalue weighted by Crippen LogP contribution is 2.22. The fourth-order valence-corrected chi connectivity index (χ4v) is 4.30. The van der Waals surface area contributed by atoms with E-state index >= 15 is 0 Å². The fraction of sp³-hybridized carbons (Fsp3) is 0.400. The molecule has 9 heteroatoms. The van der Waals surface area contributed by atoms with Crippen molar-refractivity contribution in [2.75, 3.05) is 49.6 Å². The third-order valence-corrected chi connectivity index (χ3v) is 6.15. The average Bonchev–Trinajstić information content (AvgIpc) is 3.38. The van der Waals surface area contributed by atoms with Gasteiger partial charge >= 0.3 is 0 Å². The van der Waals surface area contributed by atoms with Gasteiger partial charge in [0.2, 0.25) is 5.91 Å². The molecule has 9 nitrogen and oxygen atoms in total. The maximum absolute atomic E-state index is 13.4. The van der Waals surface area contributed by atoms with Gasteiger partial charge in [-0.25, -0.2) is 0 Å². The van der Waals surface area contributed by atoms with E-state index in [9.17, 15) is 9.59 Å². The van der Waals surface area contributed by atoms with Crippen molar-refractivity contribution in [3.8, 4) is 5.82 Å². The van der Waals surface area contributed by atoms with Crippen LogP contribution in [-0.2, 0) is 16.6 Å². The van der Waals surface area contributed by atoms with Gasteiger partial charge in [0.15, 0.2) is 0 Å². The number of hydrogen-bond acceptors (Lipinski definition) is 5. The molecule has 180 valence electrons. The van der Waals surface area contributed by atoms with Crippen LogP contribution >= 0.6 is 0 Å². The van der Waals surface area contributed by atoms with Crippen LogP contribution < -0.4 is 10.2 Å². The van der Waals surface area contributed by atoms with Gasteiger partial charge in [-0.15, -0.1) is 0 Å². The van der Waals surface area contributed by atoms with E-state index in [1.165, 1.54) is 4.90 Å². The van der Waals surface area contributed by atoms with E-state index in [4.69, 9.17) is 4.74 Å². The number of amides is 2. The van der Waals surface area contributed by atoms with Gasteiger partial charge in [0, 0.05) is 49.4 Å². The number of nitrogens with one attached hydrogen (secondary N) is 1. The van der Waals surface area contributed by atoms with Crippen molar-refractivity contribution in [1.82, 2.24) is 19.2 Å². The summed E-state index contributed by atoms with van der Waals surface area (Å²) >= 11 is 0. The van der Waals surface area contributed by atoms with E-state index in [2.05, 4.69) is 15.3 Å². The van der Waals surface area contributed by atoms with E-state index in [0.717, 1.165) is 43.4 Å². The van der Waals surface area contributed by atoms with Crippen LogP contribution in [0, 0.1) is 13.8 Å². The Morgan fingerprint density at radius 1 is 1.06 bits per heavy atom. The van der Waals surface area contributed by atoms with Crippen LogP contribution in [0.1, 0.15) is 28.7 Å². The third kappa shape index (κ3) is 4.84. The van der Waals surface area contributed by atoms with Gasteiger partial charge in [-0.1, -0.05) is 0 Å². The molecule has 1 N–H and O–H groups in total. The Morgan fingerprint density at radius 2 is 1.71 bits per heavy atom. The van der Waals surface area contributed by atoms with Gasteiger partial charge in [-0.3, -0.25) is 14.3 Å². The number of carbonyl (C=O) groups is 2. The Bertz CT molecular complexity index is 1140. The molecule has 1 aliphatic rings. The molecule has 0 radical (unpaired) electrons. The average molecular weight is 465 g/mol. The minimum atomic E-state index is -0.243. The lowest BCUT2D eigenvalue weighted by atomic mass is 10.2. The molecular formula is C25H32N6O3. The first-order chi connectivity index (χ1) is 16.4. The van der Waals surface area contributed by atoms with Gasteiger partial charge in [0.25, 0.3) is 5.91 Å². The predicted octanol–water partition coefficient (Wildman–Crippen LogP) is 2.77. The first-order valence-corrected chi connectivity index (χ1v) is 11.6. The Morgan fingerprint density at radius 3 is 2.32 bits per heavy atom. The van der Waals surface area contributed by atoms with Crippen molar-refractivity contribution in [2.45, 2.75) is 20.8 Å². The maximum atomic E-state index is 13.4. The lowest BCUT2D eigenvalue weighted by Crippen LogP contribution is -2.38. The van der Waals surface area contributed by atoms with E-state index < -0.39 is 0 Å². The fourth-order valence-electron chi connectivity index (χ4n) is 4.30. The van der Waals surface area contributed by atoms with Crippen LogP contribution in [0.25, 0.3) is 5.82 Å². The molecule has 0 spiro atoms. The number of carbonyl (C=O) groups excluding carboxylic acids is 2. The monoisotopic (exact) mass is 464 g/mol. The SMILES string of the molecule is CCN(CC(=O)Nc1ccc(N2CCOCC2)cc1)C(=O)c1cnn(C)c1-n1c(C)ccc1C. The van der Waals surface area contributed by atoms with Gasteiger partial charge in [0.1, 0.15) is 17.9 Å². The minimum absolute atomic E-state index is 0.0431. The standard InChI is InChI=1S/C25H32N6O3/c1-5-29(25(33)22-16-26-28(4)24(22)31-18(2)6-7-19(31)3)17-23(32)27-20-8-10-21(11-9-20)30-12-14-34-15-13-30/h6-11,16H,5,12-15,17H2,1-4H3,(H,27,32). The molecule has 2 aromatic heterocycles. The molecule has 0 aliphatic carbocycles. The lowest BCUT2D eigenvalue weighted by Gasteiger charge is -2.29. The highest BCUT2D eigenvalue weighted by Gasteiger charge is 2.25. The van der Waals surface area contributed by atoms with Crippen molar-refractivity contribution < 1.29 is 14.3 Å². The number of aromatic nitrogens is 3. The first kappa shape index (κ1) is 23.6. The second-order valence-corrected chi connectivity index (χ2v) is 8.47. The first-order valence-electron chi connectivity index (χ1n) is 11.6. The van der Waals surface area contributed by atoms with E-state index in [1.807, 2.05) is 68.8 Å².